The average Bonchev–Trinajstić information content (AvgIpc) is 2.97. The molecule has 0 aliphatic carbocycles. The lowest BCUT2D eigenvalue weighted by Crippen LogP contribution is -2.54. The SMILES string of the molecule is CC(C)c1nccn1C1CN(C(=O)C2CCCO2)C1. The van der Waals surface area contributed by atoms with Gasteiger partial charge in [0.2, 0.25) is 0 Å². The summed E-state index contributed by atoms with van der Waals surface area (Å²) in [5.41, 5.74) is 0. The first kappa shape index (κ1) is 12.7. The van der Waals surface area contributed by atoms with Crippen molar-refractivity contribution in [3.8, 4) is 0 Å². The van der Waals surface area contributed by atoms with Crippen molar-refractivity contribution in [1.29, 1.82) is 0 Å². The van der Waals surface area contributed by atoms with E-state index in [0.717, 1.165) is 38.4 Å². The number of rotatable bonds is 3. The minimum absolute atomic E-state index is 0.167. The molecule has 2 aliphatic heterocycles. The number of imidazole rings is 1. The zero-order chi connectivity index (χ0) is 13.4. The van der Waals surface area contributed by atoms with E-state index in [1.165, 1.54) is 0 Å². The molecule has 0 spiro atoms. The highest BCUT2D eigenvalue weighted by Gasteiger charge is 2.37. The summed E-state index contributed by atoms with van der Waals surface area (Å²) in [4.78, 5) is 18.4. The van der Waals surface area contributed by atoms with Crippen LogP contribution in [0.2, 0.25) is 0 Å². The molecule has 1 aromatic rings. The molecule has 1 unspecified atom stereocenters. The summed E-state index contributed by atoms with van der Waals surface area (Å²) in [5, 5.41) is 0. The second-order valence-electron chi connectivity index (χ2n) is 5.75. The molecule has 2 aliphatic rings. The molecule has 0 saturated carbocycles. The predicted molar refractivity (Wildman–Crippen MR) is 70.9 cm³/mol. The summed E-state index contributed by atoms with van der Waals surface area (Å²) >= 11 is 0. The number of nitrogens with zero attached hydrogens (tertiary/aromatic N) is 3. The number of amides is 1. The van der Waals surface area contributed by atoms with Gasteiger partial charge in [-0.3, -0.25) is 4.79 Å². The van der Waals surface area contributed by atoms with Crippen molar-refractivity contribution >= 4 is 5.91 Å². The van der Waals surface area contributed by atoms with Crippen LogP contribution in [0, 0.1) is 0 Å². The molecule has 104 valence electrons. The van der Waals surface area contributed by atoms with Crippen LogP contribution >= 0.6 is 0 Å². The van der Waals surface area contributed by atoms with Gasteiger partial charge in [0.15, 0.2) is 0 Å². The van der Waals surface area contributed by atoms with Crippen molar-refractivity contribution in [2.75, 3.05) is 19.7 Å². The molecule has 5 heteroatoms. The normalized spacial score (nSPS) is 23.9. The number of aromatic nitrogens is 2. The van der Waals surface area contributed by atoms with Gasteiger partial charge in [-0.2, -0.15) is 0 Å². The van der Waals surface area contributed by atoms with Gasteiger partial charge in [-0.15, -0.1) is 0 Å². The van der Waals surface area contributed by atoms with Crippen molar-refractivity contribution in [2.45, 2.75) is 44.8 Å². The number of hydrogen-bond acceptors (Lipinski definition) is 3. The zero-order valence-electron chi connectivity index (χ0n) is 11.6. The average molecular weight is 263 g/mol. The molecule has 3 heterocycles. The third-order valence-corrected chi connectivity index (χ3v) is 3.99. The van der Waals surface area contributed by atoms with Crippen molar-refractivity contribution in [2.24, 2.45) is 0 Å². The third kappa shape index (κ3) is 2.27. The lowest BCUT2D eigenvalue weighted by Gasteiger charge is -2.41. The highest BCUT2D eigenvalue weighted by molar-refractivity contribution is 5.82. The van der Waals surface area contributed by atoms with E-state index in [9.17, 15) is 4.79 Å². The highest BCUT2D eigenvalue weighted by atomic mass is 16.5. The summed E-state index contributed by atoms with van der Waals surface area (Å²) < 4.78 is 7.66. The highest BCUT2D eigenvalue weighted by Crippen LogP contribution is 2.27. The maximum atomic E-state index is 12.1. The van der Waals surface area contributed by atoms with E-state index in [0.29, 0.717) is 12.0 Å². The maximum absolute atomic E-state index is 12.1. The number of carbonyl (C=O) groups excluding carboxylic acids is 1. The fourth-order valence-electron chi connectivity index (χ4n) is 2.87. The quantitative estimate of drug-likeness (QED) is 0.831. The van der Waals surface area contributed by atoms with Crippen LogP contribution in [0.1, 0.15) is 44.5 Å². The number of likely N-dealkylation sites (tertiary alicyclic amines) is 1. The molecule has 0 bridgehead atoms. The van der Waals surface area contributed by atoms with E-state index in [2.05, 4.69) is 23.4 Å². The summed E-state index contributed by atoms with van der Waals surface area (Å²) in [6.07, 6.45) is 5.57. The lowest BCUT2D eigenvalue weighted by molar-refractivity contribution is -0.146. The van der Waals surface area contributed by atoms with Crippen LogP contribution in [-0.2, 0) is 9.53 Å². The first-order chi connectivity index (χ1) is 9.16. The molecule has 1 aromatic heterocycles. The van der Waals surface area contributed by atoms with Gasteiger partial charge in [-0.05, 0) is 12.8 Å². The molecule has 5 nitrogen and oxygen atoms in total. The molecule has 0 N–H and O–H groups in total. The lowest BCUT2D eigenvalue weighted by atomic mass is 10.1. The Bertz CT molecular complexity index is 457. The van der Waals surface area contributed by atoms with Gasteiger partial charge in [0.25, 0.3) is 5.91 Å². The van der Waals surface area contributed by atoms with Gasteiger partial charge in [-0.25, -0.2) is 4.98 Å². The molecule has 1 atom stereocenters. The van der Waals surface area contributed by atoms with E-state index in [4.69, 9.17) is 4.74 Å². The molecule has 19 heavy (non-hydrogen) atoms. The number of carbonyl (C=O) groups is 1. The monoisotopic (exact) mass is 263 g/mol. The summed E-state index contributed by atoms with van der Waals surface area (Å²) in [6.45, 7) is 6.59. The Morgan fingerprint density at radius 3 is 2.89 bits per heavy atom. The van der Waals surface area contributed by atoms with E-state index in [1.54, 1.807) is 0 Å². The Balaban J connectivity index is 1.60. The molecule has 0 radical (unpaired) electrons. The van der Waals surface area contributed by atoms with Crippen LogP contribution in [0.4, 0.5) is 0 Å². The molecular formula is C14H21N3O2. The van der Waals surface area contributed by atoms with Crippen LogP contribution in [0.3, 0.4) is 0 Å². The van der Waals surface area contributed by atoms with Crippen LogP contribution < -0.4 is 0 Å². The second-order valence-corrected chi connectivity index (χ2v) is 5.75. The first-order valence-electron chi connectivity index (χ1n) is 7.10. The summed E-state index contributed by atoms with van der Waals surface area (Å²) in [6, 6.07) is 0.380. The Morgan fingerprint density at radius 1 is 1.47 bits per heavy atom. The van der Waals surface area contributed by atoms with Crippen molar-refractivity contribution in [1.82, 2.24) is 14.5 Å². The summed E-state index contributed by atoms with van der Waals surface area (Å²) in [7, 11) is 0. The zero-order valence-corrected chi connectivity index (χ0v) is 11.6. The van der Waals surface area contributed by atoms with Crippen molar-refractivity contribution < 1.29 is 9.53 Å². The second kappa shape index (κ2) is 4.96. The Labute approximate surface area is 113 Å². The molecule has 2 fully saturated rings. The largest absolute Gasteiger partial charge is 0.368 e. The van der Waals surface area contributed by atoms with Gasteiger partial charge in [-0.1, -0.05) is 13.8 Å². The van der Waals surface area contributed by atoms with Crippen LogP contribution in [-0.4, -0.2) is 46.2 Å². The molecule has 1 amide bonds. The molecule has 2 saturated heterocycles. The van der Waals surface area contributed by atoms with E-state index >= 15 is 0 Å². The minimum Gasteiger partial charge on any atom is -0.368 e. The summed E-state index contributed by atoms with van der Waals surface area (Å²) in [5.74, 6) is 1.69. The molecule has 0 aromatic carbocycles. The van der Waals surface area contributed by atoms with Gasteiger partial charge in [0.1, 0.15) is 11.9 Å². The van der Waals surface area contributed by atoms with Crippen LogP contribution in [0.15, 0.2) is 12.4 Å². The van der Waals surface area contributed by atoms with E-state index in [-0.39, 0.29) is 12.0 Å². The Hall–Kier alpha value is -1.36. The topological polar surface area (TPSA) is 47.4 Å². The molecule has 3 rings (SSSR count). The maximum Gasteiger partial charge on any atom is 0.251 e. The van der Waals surface area contributed by atoms with Crippen LogP contribution in [0.5, 0.6) is 0 Å². The van der Waals surface area contributed by atoms with Crippen molar-refractivity contribution in [3.05, 3.63) is 18.2 Å². The van der Waals surface area contributed by atoms with E-state index < -0.39 is 0 Å². The Morgan fingerprint density at radius 2 is 2.26 bits per heavy atom. The fourth-order valence-corrected chi connectivity index (χ4v) is 2.87. The van der Waals surface area contributed by atoms with Gasteiger partial charge in [0, 0.05) is 38.0 Å². The predicted octanol–water partition coefficient (Wildman–Crippen LogP) is 1.57. The molecular weight excluding hydrogens is 242 g/mol. The number of ether oxygens (including phenoxy) is 1. The number of hydrogen-bond donors (Lipinski definition) is 0. The van der Waals surface area contributed by atoms with Gasteiger partial charge in [0.05, 0.1) is 6.04 Å². The van der Waals surface area contributed by atoms with Gasteiger partial charge >= 0.3 is 0 Å². The smallest absolute Gasteiger partial charge is 0.251 e. The standard InChI is InChI=1S/C14H21N3O2/c1-10(2)13-15-5-6-17(13)11-8-16(9-11)14(18)12-4-3-7-19-12/h5-6,10-12H,3-4,7-9H2,1-2H3. The van der Waals surface area contributed by atoms with E-state index in [1.807, 2.05) is 17.3 Å². The van der Waals surface area contributed by atoms with Gasteiger partial charge < -0.3 is 14.2 Å². The third-order valence-electron chi connectivity index (χ3n) is 3.99. The first-order valence-corrected chi connectivity index (χ1v) is 7.10. The minimum atomic E-state index is -0.187. The van der Waals surface area contributed by atoms with Crippen LogP contribution in [0.25, 0.3) is 0 Å². The van der Waals surface area contributed by atoms with Crippen molar-refractivity contribution in [3.63, 3.8) is 0 Å². The Kier molecular flexibility index (Phi) is 3.31. The fraction of sp³-hybridized carbons (Fsp3) is 0.714.